The summed E-state index contributed by atoms with van der Waals surface area (Å²) in [7, 11) is 0. The first-order chi connectivity index (χ1) is 14.4. The Labute approximate surface area is 178 Å². The molecule has 0 saturated carbocycles. The summed E-state index contributed by atoms with van der Waals surface area (Å²) in [6.45, 7) is 6.25. The average Bonchev–Trinajstić information content (AvgIpc) is 2.66. The summed E-state index contributed by atoms with van der Waals surface area (Å²) < 4.78 is 10.1. The lowest BCUT2D eigenvalue weighted by Gasteiger charge is -2.19. The molecular weight excluding hydrogens is 406 g/mol. The number of anilines is 2. The van der Waals surface area contributed by atoms with Gasteiger partial charge >= 0.3 is 12.1 Å². The molecule has 0 heterocycles. The lowest BCUT2D eigenvalue weighted by molar-refractivity contribution is -0.384. The third-order valence-corrected chi connectivity index (χ3v) is 3.78. The van der Waals surface area contributed by atoms with Gasteiger partial charge in [0.15, 0.2) is 6.61 Å². The van der Waals surface area contributed by atoms with E-state index >= 15 is 0 Å². The van der Waals surface area contributed by atoms with Crippen LogP contribution in [0.25, 0.3) is 0 Å². The molecular formula is C21H23N3O7. The van der Waals surface area contributed by atoms with Gasteiger partial charge in [0.25, 0.3) is 11.6 Å². The number of non-ortho nitro benzene ring substituents is 1. The standard InChI is InChI=1S/C21H23N3O7/c1-13-8-9-16(24(28)29)11-17(13)23-18(25)12-30-19(26)14-6-5-7-15(10-14)22-20(27)31-21(2,3)4/h5-11H,12H2,1-4H3,(H,22,27)(H,23,25). The van der Waals surface area contributed by atoms with E-state index in [9.17, 15) is 24.5 Å². The highest BCUT2D eigenvalue weighted by Gasteiger charge is 2.17. The summed E-state index contributed by atoms with van der Waals surface area (Å²) in [4.78, 5) is 46.5. The van der Waals surface area contributed by atoms with E-state index in [2.05, 4.69) is 10.6 Å². The zero-order valence-corrected chi connectivity index (χ0v) is 17.6. The Morgan fingerprint density at radius 3 is 2.42 bits per heavy atom. The minimum Gasteiger partial charge on any atom is -0.452 e. The van der Waals surface area contributed by atoms with Crippen LogP contribution in [0.4, 0.5) is 21.9 Å². The second-order valence-corrected chi connectivity index (χ2v) is 7.59. The number of esters is 1. The van der Waals surface area contributed by atoms with E-state index in [0.717, 1.165) is 0 Å². The Hall–Kier alpha value is -3.95. The molecule has 0 fully saturated rings. The van der Waals surface area contributed by atoms with Crippen LogP contribution >= 0.6 is 0 Å². The van der Waals surface area contributed by atoms with Crippen LogP contribution in [0.5, 0.6) is 0 Å². The topological polar surface area (TPSA) is 137 Å². The fourth-order valence-corrected chi connectivity index (χ4v) is 2.40. The van der Waals surface area contributed by atoms with Crippen LogP contribution in [0.15, 0.2) is 42.5 Å². The number of nitrogens with one attached hydrogen (secondary N) is 2. The first kappa shape index (κ1) is 23.3. The maximum absolute atomic E-state index is 12.2. The van der Waals surface area contributed by atoms with Gasteiger partial charge in [-0.3, -0.25) is 20.2 Å². The summed E-state index contributed by atoms with van der Waals surface area (Å²) in [5.41, 5.74) is 0.455. The second kappa shape index (κ2) is 9.70. The maximum atomic E-state index is 12.2. The van der Waals surface area contributed by atoms with E-state index < -0.39 is 35.1 Å². The zero-order chi connectivity index (χ0) is 23.2. The van der Waals surface area contributed by atoms with Gasteiger partial charge in [0, 0.05) is 17.8 Å². The van der Waals surface area contributed by atoms with Crippen LogP contribution in [0.2, 0.25) is 0 Å². The molecule has 0 aromatic heterocycles. The third kappa shape index (κ3) is 7.42. The number of nitrogens with zero attached hydrogens (tertiary/aromatic N) is 1. The molecule has 2 amide bonds. The van der Waals surface area contributed by atoms with Crippen molar-refractivity contribution in [3.63, 3.8) is 0 Å². The average molecular weight is 429 g/mol. The highest BCUT2D eigenvalue weighted by molar-refractivity contribution is 5.97. The molecule has 0 saturated heterocycles. The molecule has 10 nitrogen and oxygen atoms in total. The van der Waals surface area contributed by atoms with Crippen molar-refractivity contribution in [1.29, 1.82) is 0 Å². The quantitative estimate of drug-likeness (QED) is 0.401. The highest BCUT2D eigenvalue weighted by atomic mass is 16.6. The van der Waals surface area contributed by atoms with Crippen molar-refractivity contribution >= 4 is 35.0 Å². The summed E-state index contributed by atoms with van der Waals surface area (Å²) in [5.74, 6) is -1.43. The van der Waals surface area contributed by atoms with Crippen LogP contribution in [0.3, 0.4) is 0 Å². The molecule has 2 aromatic carbocycles. The maximum Gasteiger partial charge on any atom is 0.412 e. The van der Waals surface area contributed by atoms with Gasteiger partial charge in [0.2, 0.25) is 0 Å². The van der Waals surface area contributed by atoms with E-state index in [4.69, 9.17) is 9.47 Å². The van der Waals surface area contributed by atoms with E-state index in [1.54, 1.807) is 33.8 Å². The van der Waals surface area contributed by atoms with Crippen molar-refractivity contribution in [2.75, 3.05) is 17.2 Å². The predicted molar refractivity (Wildman–Crippen MR) is 113 cm³/mol. The normalized spacial score (nSPS) is 10.7. The van der Waals surface area contributed by atoms with Gasteiger partial charge in [0.05, 0.1) is 16.2 Å². The van der Waals surface area contributed by atoms with Crippen LogP contribution in [-0.4, -0.2) is 35.1 Å². The van der Waals surface area contributed by atoms with E-state index in [0.29, 0.717) is 11.3 Å². The van der Waals surface area contributed by atoms with Crippen molar-refractivity contribution in [3.05, 3.63) is 63.7 Å². The van der Waals surface area contributed by atoms with Gasteiger partial charge in [-0.05, 0) is 51.5 Å². The Kier molecular flexibility index (Phi) is 7.30. The number of benzene rings is 2. The van der Waals surface area contributed by atoms with Crippen LogP contribution in [-0.2, 0) is 14.3 Å². The molecule has 0 spiro atoms. The first-order valence-electron chi connectivity index (χ1n) is 9.27. The van der Waals surface area contributed by atoms with Crippen LogP contribution in [0, 0.1) is 17.0 Å². The van der Waals surface area contributed by atoms with Gasteiger partial charge in [-0.2, -0.15) is 0 Å². The molecule has 31 heavy (non-hydrogen) atoms. The predicted octanol–water partition coefficient (Wildman–Crippen LogP) is 4.05. The lowest BCUT2D eigenvalue weighted by atomic mass is 10.2. The zero-order valence-electron chi connectivity index (χ0n) is 17.6. The third-order valence-electron chi connectivity index (χ3n) is 3.78. The van der Waals surface area contributed by atoms with Crippen molar-refractivity contribution in [2.45, 2.75) is 33.3 Å². The van der Waals surface area contributed by atoms with Crippen LogP contribution in [0.1, 0.15) is 36.7 Å². The van der Waals surface area contributed by atoms with Gasteiger partial charge in [-0.15, -0.1) is 0 Å². The Morgan fingerprint density at radius 2 is 1.77 bits per heavy atom. The SMILES string of the molecule is Cc1ccc([N+](=O)[O-])cc1NC(=O)COC(=O)c1cccc(NC(=O)OC(C)(C)C)c1. The van der Waals surface area contributed by atoms with Crippen molar-refractivity contribution in [1.82, 2.24) is 0 Å². The molecule has 0 atom stereocenters. The van der Waals surface area contributed by atoms with Crippen LogP contribution < -0.4 is 10.6 Å². The number of nitro benzene ring substituents is 1. The van der Waals surface area contributed by atoms with E-state index in [1.807, 2.05) is 0 Å². The molecule has 2 rings (SSSR count). The Morgan fingerprint density at radius 1 is 1.06 bits per heavy atom. The van der Waals surface area contributed by atoms with Crippen molar-refractivity contribution in [2.24, 2.45) is 0 Å². The summed E-state index contributed by atoms with van der Waals surface area (Å²) in [6, 6.07) is 10.0. The molecule has 10 heteroatoms. The number of carbonyl (C=O) groups is 3. The Bertz CT molecular complexity index is 1010. The monoisotopic (exact) mass is 429 g/mol. The van der Waals surface area contributed by atoms with E-state index in [-0.39, 0.29) is 16.9 Å². The smallest absolute Gasteiger partial charge is 0.412 e. The molecule has 2 aromatic rings. The van der Waals surface area contributed by atoms with Gasteiger partial charge in [-0.1, -0.05) is 12.1 Å². The summed E-state index contributed by atoms with van der Waals surface area (Å²) in [6.07, 6.45) is -0.676. The first-order valence-corrected chi connectivity index (χ1v) is 9.27. The fourth-order valence-electron chi connectivity index (χ4n) is 2.40. The molecule has 2 N–H and O–H groups in total. The molecule has 0 bridgehead atoms. The fraction of sp³-hybridized carbons (Fsp3) is 0.286. The number of hydrogen-bond acceptors (Lipinski definition) is 7. The van der Waals surface area contributed by atoms with Gasteiger partial charge < -0.3 is 14.8 Å². The summed E-state index contributed by atoms with van der Waals surface area (Å²) in [5, 5.41) is 15.9. The second-order valence-electron chi connectivity index (χ2n) is 7.59. The number of carbonyl (C=O) groups excluding carboxylic acids is 3. The van der Waals surface area contributed by atoms with E-state index in [1.165, 1.54) is 36.4 Å². The molecule has 0 aliphatic carbocycles. The van der Waals surface area contributed by atoms with Gasteiger partial charge in [-0.25, -0.2) is 9.59 Å². The number of aryl methyl sites for hydroxylation is 1. The van der Waals surface area contributed by atoms with Crippen molar-refractivity contribution < 1.29 is 28.8 Å². The number of hydrogen-bond donors (Lipinski definition) is 2. The Balaban J connectivity index is 1.95. The molecule has 0 aliphatic rings. The number of nitro groups is 1. The highest BCUT2D eigenvalue weighted by Crippen LogP contribution is 2.22. The van der Waals surface area contributed by atoms with Crippen molar-refractivity contribution in [3.8, 4) is 0 Å². The summed E-state index contributed by atoms with van der Waals surface area (Å²) >= 11 is 0. The molecule has 0 unspecified atom stereocenters. The minimum absolute atomic E-state index is 0.118. The lowest BCUT2D eigenvalue weighted by Crippen LogP contribution is -2.27. The molecule has 0 radical (unpaired) electrons. The molecule has 0 aliphatic heterocycles. The largest absolute Gasteiger partial charge is 0.452 e. The molecule has 164 valence electrons. The van der Waals surface area contributed by atoms with Gasteiger partial charge in [0.1, 0.15) is 5.60 Å². The number of rotatable bonds is 6. The number of amides is 2. The minimum atomic E-state index is -0.779. The number of ether oxygens (including phenoxy) is 2.